The Kier molecular flexibility index (Phi) is 4.93. The van der Waals surface area contributed by atoms with Gasteiger partial charge in [-0.15, -0.1) is 12.3 Å². The molecule has 0 aliphatic carbocycles. The highest BCUT2D eigenvalue weighted by molar-refractivity contribution is 4.88. The van der Waals surface area contributed by atoms with E-state index in [1.165, 1.54) is 0 Å². The molecule has 0 saturated heterocycles. The molecule has 0 heterocycles. The standard InChI is InChI=1S/C9H17NO/c1-4-6-7-9(3,11)8-10-5-2/h1,10-11H,5-8H2,2-3H3. The molecule has 64 valence electrons. The maximum atomic E-state index is 9.62. The summed E-state index contributed by atoms with van der Waals surface area (Å²) in [7, 11) is 0. The van der Waals surface area contributed by atoms with Crippen LogP contribution in [0, 0.1) is 12.3 Å². The van der Waals surface area contributed by atoms with Crippen LogP contribution in [-0.2, 0) is 0 Å². The number of terminal acetylenes is 1. The van der Waals surface area contributed by atoms with Gasteiger partial charge in [-0.05, 0) is 19.9 Å². The van der Waals surface area contributed by atoms with Crippen molar-refractivity contribution in [2.24, 2.45) is 0 Å². The van der Waals surface area contributed by atoms with Crippen LogP contribution in [0.15, 0.2) is 0 Å². The van der Waals surface area contributed by atoms with Gasteiger partial charge in [-0.25, -0.2) is 0 Å². The van der Waals surface area contributed by atoms with Gasteiger partial charge in [0.05, 0.1) is 5.60 Å². The fourth-order valence-corrected chi connectivity index (χ4v) is 0.824. The van der Waals surface area contributed by atoms with Crippen molar-refractivity contribution in [1.29, 1.82) is 0 Å². The summed E-state index contributed by atoms with van der Waals surface area (Å²) < 4.78 is 0. The zero-order valence-electron chi connectivity index (χ0n) is 7.35. The Hall–Kier alpha value is -0.520. The van der Waals surface area contributed by atoms with Crippen LogP contribution in [0.2, 0.25) is 0 Å². The number of rotatable bonds is 5. The summed E-state index contributed by atoms with van der Waals surface area (Å²) in [5.74, 6) is 2.51. The quantitative estimate of drug-likeness (QED) is 0.574. The molecule has 0 fully saturated rings. The Morgan fingerprint density at radius 1 is 1.64 bits per heavy atom. The third kappa shape index (κ3) is 5.90. The molecular formula is C9H17NO. The van der Waals surface area contributed by atoms with Crippen LogP contribution in [0.1, 0.15) is 26.7 Å². The van der Waals surface area contributed by atoms with Crippen LogP contribution in [0.25, 0.3) is 0 Å². The van der Waals surface area contributed by atoms with E-state index in [0.717, 1.165) is 6.54 Å². The summed E-state index contributed by atoms with van der Waals surface area (Å²) in [5.41, 5.74) is -0.650. The highest BCUT2D eigenvalue weighted by atomic mass is 16.3. The Morgan fingerprint density at radius 3 is 2.73 bits per heavy atom. The average molecular weight is 155 g/mol. The second kappa shape index (κ2) is 5.17. The van der Waals surface area contributed by atoms with E-state index in [4.69, 9.17) is 6.42 Å². The minimum absolute atomic E-state index is 0.616. The normalized spacial score (nSPS) is 15.5. The summed E-state index contributed by atoms with van der Waals surface area (Å²) >= 11 is 0. The highest BCUT2D eigenvalue weighted by Crippen LogP contribution is 2.09. The van der Waals surface area contributed by atoms with E-state index < -0.39 is 5.60 Å². The molecular weight excluding hydrogens is 138 g/mol. The molecule has 11 heavy (non-hydrogen) atoms. The molecule has 0 spiro atoms. The summed E-state index contributed by atoms with van der Waals surface area (Å²) in [6.07, 6.45) is 6.38. The molecule has 0 saturated carbocycles. The van der Waals surface area contributed by atoms with Gasteiger partial charge in [-0.1, -0.05) is 6.92 Å². The molecule has 0 amide bonds. The smallest absolute Gasteiger partial charge is 0.0752 e. The van der Waals surface area contributed by atoms with Crippen molar-refractivity contribution in [1.82, 2.24) is 5.32 Å². The molecule has 0 aliphatic rings. The van der Waals surface area contributed by atoms with Crippen LogP contribution in [0.3, 0.4) is 0 Å². The number of hydrogen-bond donors (Lipinski definition) is 2. The van der Waals surface area contributed by atoms with Gasteiger partial charge in [0.25, 0.3) is 0 Å². The van der Waals surface area contributed by atoms with Gasteiger partial charge in [0.15, 0.2) is 0 Å². The van der Waals surface area contributed by atoms with Crippen molar-refractivity contribution in [2.75, 3.05) is 13.1 Å². The van der Waals surface area contributed by atoms with Crippen LogP contribution < -0.4 is 5.32 Å². The third-order valence-corrected chi connectivity index (χ3v) is 1.56. The summed E-state index contributed by atoms with van der Waals surface area (Å²) in [6.45, 7) is 5.31. The molecule has 0 aromatic heterocycles. The third-order valence-electron chi connectivity index (χ3n) is 1.56. The van der Waals surface area contributed by atoms with E-state index in [9.17, 15) is 5.11 Å². The maximum absolute atomic E-state index is 9.62. The van der Waals surface area contributed by atoms with E-state index in [0.29, 0.717) is 19.4 Å². The molecule has 0 radical (unpaired) electrons. The van der Waals surface area contributed by atoms with Gasteiger partial charge in [0.2, 0.25) is 0 Å². The topological polar surface area (TPSA) is 32.3 Å². The molecule has 1 atom stereocenters. The number of hydrogen-bond acceptors (Lipinski definition) is 2. The Morgan fingerprint density at radius 2 is 2.27 bits per heavy atom. The van der Waals surface area contributed by atoms with Crippen LogP contribution in [0.5, 0.6) is 0 Å². The highest BCUT2D eigenvalue weighted by Gasteiger charge is 2.17. The Balaban J connectivity index is 3.54. The molecule has 0 aromatic rings. The zero-order chi connectivity index (χ0) is 8.74. The molecule has 0 aliphatic heterocycles. The van der Waals surface area contributed by atoms with E-state index in [-0.39, 0.29) is 0 Å². The van der Waals surface area contributed by atoms with Crippen molar-refractivity contribution in [2.45, 2.75) is 32.3 Å². The van der Waals surface area contributed by atoms with Crippen molar-refractivity contribution in [3.05, 3.63) is 0 Å². The van der Waals surface area contributed by atoms with E-state index in [1.54, 1.807) is 6.92 Å². The lowest BCUT2D eigenvalue weighted by Gasteiger charge is -2.22. The Labute approximate surface area is 69.0 Å². The molecule has 2 heteroatoms. The lowest BCUT2D eigenvalue weighted by Crippen LogP contribution is -2.37. The number of aliphatic hydroxyl groups is 1. The lowest BCUT2D eigenvalue weighted by atomic mass is 10.0. The van der Waals surface area contributed by atoms with Crippen molar-refractivity contribution in [3.8, 4) is 12.3 Å². The van der Waals surface area contributed by atoms with Gasteiger partial charge in [0, 0.05) is 13.0 Å². The summed E-state index contributed by atoms with van der Waals surface area (Å²) in [5, 5.41) is 12.7. The van der Waals surface area contributed by atoms with Crippen molar-refractivity contribution < 1.29 is 5.11 Å². The largest absolute Gasteiger partial charge is 0.389 e. The monoisotopic (exact) mass is 155 g/mol. The fraction of sp³-hybridized carbons (Fsp3) is 0.778. The van der Waals surface area contributed by atoms with E-state index in [1.807, 2.05) is 6.92 Å². The molecule has 2 nitrogen and oxygen atoms in total. The maximum Gasteiger partial charge on any atom is 0.0752 e. The minimum atomic E-state index is -0.650. The SMILES string of the molecule is C#CCCC(C)(O)CNCC. The molecule has 0 bridgehead atoms. The summed E-state index contributed by atoms with van der Waals surface area (Å²) in [4.78, 5) is 0. The number of nitrogens with one attached hydrogen (secondary N) is 1. The first-order chi connectivity index (χ1) is 5.12. The van der Waals surface area contributed by atoms with Gasteiger partial charge >= 0.3 is 0 Å². The first-order valence-corrected chi connectivity index (χ1v) is 3.99. The first-order valence-electron chi connectivity index (χ1n) is 3.99. The van der Waals surface area contributed by atoms with Gasteiger partial charge < -0.3 is 10.4 Å². The van der Waals surface area contributed by atoms with E-state index >= 15 is 0 Å². The van der Waals surface area contributed by atoms with Gasteiger partial charge in [-0.3, -0.25) is 0 Å². The van der Waals surface area contributed by atoms with Gasteiger partial charge in [0.1, 0.15) is 0 Å². The van der Waals surface area contributed by atoms with Crippen LogP contribution >= 0.6 is 0 Å². The molecule has 0 aromatic carbocycles. The first kappa shape index (κ1) is 10.5. The van der Waals surface area contributed by atoms with E-state index in [2.05, 4.69) is 11.2 Å². The average Bonchev–Trinajstić information content (AvgIpc) is 1.97. The predicted molar refractivity (Wildman–Crippen MR) is 47.2 cm³/mol. The molecule has 2 N–H and O–H groups in total. The Bertz CT molecular complexity index is 135. The second-order valence-electron chi connectivity index (χ2n) is 2.98. The lowest BCUT2D eigenvalue weighted by molar-refractivity contribution is 0.0529. The predicted octanol–water partition coefficient (Wildman–Crippen LogP) is 0.760. The van der Waals surface area contributed by atoms with Crippen molar-refractivity contribution >= 4 is 0 Å². The van der Waals surface area contributed by atoms with Crippen LogP contribution in [-0.4, -0.2) is 23.8 Å². The fourth-order valence-electron chi connectivity index (χ4n) is 0.824. The van der Waals surface area contributed by atoms with Crippen LogP contribution in [0.4, 0.5) is 0 Å². The van der Waals surface area contributed by atoms with Gasteiger partial charge in [-0.2, -0.15) is 0 Å². The summed E-state index contributed by atoms with van der Waals surface area (Å²) in [6, 6.07) is 0. The molecule has 1 unspecified atom stereocenters. The zero-order valence-corrected chi connectivity index (χ0v) is 7.35. The van der Waals surface area contributed by atoms with Crippen molar-refractivity contribution in [3.63, 3.8) is 0 Å². The second-order valence-corrected chi connectivity index (χ2v) is 2.98. The number of likely N-dealkylation sites (N-methyl/N-ethyl adjacent to an activating group) is 1. The minimum Gasteiger partial charge on any atom is -0.389 e. The molecule has 0 rings (SSSR count).